The van der Waals surface area contributed by atoms with E-state index in [9.17, 15) is 4.79 Å². The Labute approximate surface area is 73.6 Å². The van der Waals surface area contributed by atoms with Crippen molar-refractivity contribution >= 4 is 5.97 Å². The highest BCUT2D eigenvalue weighted by Gasteiger charge is 2.29. The molecule has 0 aliphatic rings. The summed E-state index contributed by atoms with van der Waals surface area (Å²) in [6, 6.07) is 0. The van der Waals surface area contributed by atoms with E-state index in [1.807, 2.05) is 13.8 Å². The zero-order valence-electron chi connectivity index (χ0n) is 7.96. The van der Waals surface area contributed by atoms with Crippen LogP contribution in [0.5, 0.6) is 0 Å². The average molecular weight is 171 g/mol. The molecule has 0 aliphatic heterocycles. The standard InChI is InChI=1S/C9H17NO2/c1-4-7-9(10,5-2)8(11)12-6-3/h4,7H,5-6,10H2,1-3H3/b7-4+/t9-/m0/s1. The number of carbonyl (C=O) groups is 1. The van der Waals surface area contributed by atoms with Gasteiger partial charge in [0, 0.05) is 0 Å². The number of ether oxygens (including phenoxy) is 1. The van der Waals surface area contributed by atoms with Gasteiger partial charge in [0.25, 0.3) is 0 Å². The molecule has 3 nitrogen and oxygen atoms in total. The molecule has 0 aliphatic carbocycles. The molecular weight excluding hydrogens is 154 g/mol. The van der Waals surface area contributed by atoms with Crippen molar-refractivity contribution in [2.75, 3.05) is 6.61 Å². The highest BCUT2D eigenvalue weighted by Crippen LogP contribution is 2.10. The molecule has 0 saturated carbocycles. The second-order valence-corrected chi connectivity index (χ2v) is 2.61. The van der Waals surface area contributed by atoms with Crippen LogP contribution >= 0.6 is 0 Å². The van der Waals surface area contributed by atoms with Gasteiger partial charge in [0.05, 0.1) is 6.61 Å². The van der Waals surface area contributed by atoms with Crippen LogP contribution in [0.15, 0.2) is 12.2 Å². The van der Waals surface area contributed by atoms with E-state index >= 15 is 0 Å². The Morgan fingerprint density at radius 1 is 1.58 bits per heavy atom. The van der Waals surface area contributed by atoms with Crippen LogP contribution in [0.25, 0.3) is 0 Å². The zero-order valence-corrected chi connectivity index (χ0v) is 7.96. The number of hydrogen-bond donors (Lipinski definition) is 1. The minimum Gasteiger partial charge on any atom is -0.464 e. The molecule has 0 radical (unpaired) electrons. The molecular formula is C9H17NO2. The fourth-order valence-corrected chi connectivity index (χ4v) is 0.893. The fourth-order valence-electron chi connectivity index (χ4n) is 0.893. The van der Waals surface area contributed by atoms with Gasteiger partial charge in [-0.25, -0.2) is 4.79 Å². The fraction of sp³-hybridized carbons (Fsp3) is 0.667. The molecule has 0 spiro atoms. The lowest BCUT2D eigenvalue weighted by molar-refractivity contribution is -0.147. The Balaban J connectivity index is 4.40. The Hall–Kier alpha value is -0.830. The predicted molar refractivity (Wildman–Crippen MR) is 48.7 cm³/mol. The first-order valence-corrected chi connectivity index (χ1v) is 4.20. The normalized spacial score (nSPS) is 16.0. The molecule has 3 heteroatoms. The molecule has 0 aromatic heterocycles. The molecule has 0 rings (SSSR count). The SMILES string of the molecule is C/C=C/[C@@](N)(CC)C(=O)OCC. The minimum absolute atomic E-state index is 0.356. The van der Waals surface area contributed by atoms with Crippen LogP contribution < -0.4 is 5.73 Å². The number of esters is 1. The monoisotopic (exact) mass is 171 g/mol. The van der Waals surface area contributed by atoms with Crippen molar-refractivity contribution in [1.29, 1.82) is 0 Å². The van der Waals surface area contributed by atoms with Crippen LogP contribution in [0.1, 0.15) is 27.2 Å². The van der Waals surface area contributed by atoms with E-state index in [1.165, 1.54) is 0 Å². The zero-order chi connectivity index (χ0) is 9.61. The van der Waals surface area contributed by atoms with E-state index in [2.05, 4.69) is 0 Å². The summed E-state index contributed by atoms with van der Waals surface area (Å²) in [7, 11) is 0. The Bertz CT molecular complexity index is 177. The van der Waals surface area contributed by atoms with Crippen LogP contribution in [-0.2, 0) is 9.53 Å². The molecule has 0 aromatic carbocycles. The summed E-state index contributed by atoms with van der Waals surface area (Å²) < 4.78 is 4.84. The topological polar surface area (TPSA) is 52.3 Å². The highest BCUT2D eigenvalue weighted by atomic mass is 16.5. The summed E-state index contributed by atoms with van der Waals surface area (Å²) in [5, 5.41) is 0. The van der Waals surface area contributed by atoms with Crippen LogP contribution in [-0.4, -0.2) is 18.1 Å². The summed E-state index contributed by atoms with van der Waals surface area (Å²) in [5.41, 5.74) is 4.84. The lowest BCUT2D eigenvalue weighted by Gasteiger charge is -2.21. The van der Waals surface area contributed by atoms with Crippen molar-refractivity contribution < 1.29 is 9.53 Å². The van der Waals surface area contributed by atoms with Crippen LogP contribution in [0.4, 0.5) is 0 Å². The van der Waals surface area contributed by atoms with E-state index < -0.39 is 5.54 Å². The first kappa shape index (κ1) is 11.2. The largest absolute Gasteiger partial charge is 0.464 e. The van der Waals surface area contributed by atoms with Crippen molar-refractivity contribution in [3.05, 3.63) is 12.2 Å². The maximum atomic E-state index is 11.3. The molecule has 1 atom stereocenters. The van der Waals surface area contributed by atoms with E-state index in [1.54, 1.807) is 19.1 Å². The van der Waals surface area contributed by atoms with E-state index in [0.717, 1.165) is 0 Å². The van der Waals surface area contributed by atoms with E-state index in [-0.39, 0.29) is 5.97 Å². The van der Waals surface area contributed by atoms with Crippen molar-refractivity contribution in [3.63, 3.8) is 0 Å². The van der Waals surface area contributed by atoms with Crippen LogP contribution in [0, 0.1) is 0 Å². The third-order valence-corrected chi connectivity index (χ3v) is 1.70. The van der Waals surface area contributed by atoms with Crippen molar-refractivity contribution in [1.82, 2.24) is 0 Å². The van der Waals surface area contributed by atoms with Gasteiger partial charge in [0.15, 0.2) is 0 Å². The molecule has 0 unspecified atom stereocenters. The molecule has 0 aromatic rings. The minimum atomic E-state index is -0.940. The summed E-state index contributed by atoms with van der Waals surface area (Å²) in [4.78, 5) is 11.3. The molecule has 12 heavy (non-hydrogen) atoms. The first-order valence-electron chi connectivity index (χ1n) is 4.20. The Morgan fingerprint density at radius 3 is 2.50 bits per heavy atom. The maximum Gasteiger partial charge on any atom is 0.330 e. The van der Waals surface area contributed by atoms with Crippen LogP contribution in [0.2, 0.25) is 0 Å². The van der Waals surface area contributed by atoms with Gasteiger partial charge in [0.1, 0.15) is 5.54 Å². The Morgan fingerprint density at radius 2 is 2.17 bits per heavy atom. The van der Waals surface area contributed by atoms with Crippen LogP contribution in [0.3, 0.4) is 0 Å². The van der Waals surface area contributed by atoms with Gasteiger partial charge < -0.3 is 10.5 Å². The van der Waals surface area contributed by atoms with Gasteiger partial charge in [-0.15, -0.1) is 0 Å². The molecule has 0 fully saturated rings. The van der Waals surface area contributed by atoms with Gasteiger partial charge in [-0.1, -0.05) is 19.1 Å². The molecule has 0 heterocycles. The van der Waals surface area contributed by atoms with Gasteiger partial charge in [-0.3, -0.25) is 0 Å². The number of rotatable bonds is 4. The summed E-state index contributed by atoms with van der Waals surface area (Å²) >= 11 is 0. The Kier molecular flexibility index (Phi) is 4.59. The molecule has 0 saturated heterocycles. The number of carbonyl (C=O) groups excluding carboxylic acids is 1. The lowest BCUT2D eigenvalue weighted by atomic mass is 9.97. The van der Waals surface area contributed by atoms with E-state index in [4.69, 9.17) is 10.5 Å². The molecule has 0 amide bonds. The second kappa shape index (κ2) is 4.93. The van der Waals surface area contributed by atoms with Crippen molar-refractivity contribution in [2.24, 2.45) is 5.73 Å². The van der Waals surface area contributed by atoms with Gasteiger partial charge >= 0.3 is 5.97 Å². The van der Waals surface area contributed by atoms with E-state index in [0.29, 0.717) is 13.0 Å². The second-order valence-electron chi connectivity index (χ2n) is 2.61. The third kappa shape index (κ3) is 2.66. The summed E-state index contributed by atoms with van der Waals surface area (Å²) in [5.74, 6) is -0.356. The maximum absolute atomic E-state index is 11.3. The van der Waals surface area contributed by atoms with Crippen molar-refractivity contribution in [3.8, 4) is 0 Å². The quantitative estimate of drug-likeness (QED) is 0.511. The van der Waals surface area contributed by atoms with Crippen molar-refractivity contribution in [2.45, 2.75) is 32.7 Å². The molecule has 70 valence electrons. The lowest BCUT2D eigenvalue weighted by Crippen LogP contribution is -2.46. The highest BCUT2D eigenvalue weighted by molar-refractivity contribution is 5.83. The number of hydrogen-bond acceptors (Lipinski definition) is 3. The summed E-state index contributed by atoms with van der Waals surface area (Å²) in [6.07, 6.45) is 3.99. The number of nitrogens with two attached hydrogens (primary N) is 1. The average Bonchev–Trinajstić information content (AvgIpc) is 2.05. The first-order chi connectivity index (χ1) is 5.60. The predicted octanol–water partition coefficient (Wildman–Crippen LogP) is 1.23. The third-order valence-electron chi connectivity index (χ3n) is 1.70. The molecule has 2 N–H and O–H groups in total. The number of allylic oxidation sites excluding steroid dienone is 1. The van der Waals surface area contributed by atoms with Gasteiger partial charge in [0.2, 0.25) is 0 Å². The summed E-state index contributed by atoms with van der Waals surface area (Å²) in [6.45, 7) is 5.83. The molecule has 0 bridgehead atoms. The smallest absolute Gasteiger partial charge is 0.330 e. The van der Waals surface area contributed by atoms with Gasteiger partial charge in [-0.05, 0) is 20.3 Å². The van der Waals surface area contributed by atoms with Gasteiger partial charge in [-0.2, -0.15) is 0 Å².